The summed E-state index contributed by atoms with van der Waals surface area (Å²) in [7, 11) is 0. The molecule has 0 aliphatic carbocycles. The van der Waals surface area contributed by atoms with Gasteiger partial charge in [0.2, 0.25) is 6.29 Å². The lowest BCUT2D eigenvalue weighted by molar-refractivity contribution is -0.274. The second-order valence-corrected chi connectivity index (χ2v) is 4.29. The predicted molar refractivity (Wildman–Crippen MR) is 61.2 cm³/mol. The van der Waals surface area contributed by atoms with Crippen LogP contribution in [0.1, 0.15) is 4.88 Å². The molecule has 18 heavy (non-hydrogen) atoms. The van der Waals surface area contributed by atoms with Crippen LogP contribution in [0.4, 0.5) is 13.2 Å². The number of hydrogen-bond acceptors (Lipinski definition) is 3. The summed E-state index contributed by atoms with van der Waals surface area (Å²) in [4.78, 5) is 10.8. The van der Waals surface area contributed by atoms with Crippen molar-refractivity contribution in [3.63, 3.8) is 0 Å². The third-order valence-corrected chi connectivity index (χ3v) is 2.95. The van der Waals surface area contributed by atoms with E-state index in [4.69, 9.17) is 0 Å². The van der Waals surface area contributed by atoms with Gasteiger partial charge in [-0.05, 0) is 34.7 Å². The summed E-state index contributed by atoms with van der Waals surface area (Å²) in [5.41, 5.74) is 1.47. The van der Waals surface area contributed by atoms with E-state index in [1.807, 2.05) is 0 Å². The smallest absolute Gasteiger partial charge is 0.406 e. The molecular formula is C12H6F3O2S. The maximum absolute atomic E-state index is 12.0. The Morgan fingerprint density at radius 1 is 1.11 bits per heavy atom. The van der Waals surface area contributed by atoms with E-state index in [0.29, 0.717) is 10.4 Å². The fraction of sp³-hybridized carbons (Fsp3) is 0.0833. The zero-order valence-electron chi connectivity index (χ0n) is 8.82. The molecule has 0 spiro atoms. The molecule has 0 unspecified atom stereocenters. The van der Waals surface area contributed by atoms with Crippen molar-refractivity contribution in [2.45, 2.75) is 6.36 Å². The van der Waals surface area contributed by atoms with Crippen LogP contribution in [0.5, 0.6) is 5.75 Å². The lowest BCUT2D eigenvalue weighted by atomic mass is 10.1. The van der Waals surface area contributed by atoms with Gasteiger partial charge in [0.1, 0.15) is 5.75 Å². The van der Waals surface area contributed by atoms with Gasteiger partial charge in [-0.1, -0.05) is 12.1 Å². The molecule has 1 radical (unpaired) electrons. The van der Waals surface area contributed by atoms with Gasteiger partial charge in [0.15, 0.2) is 0 Å². The molecule has 0 saturated carbocycles. The Kier molecular flexibility index (Phi) is 3.38. The topological polar surface area (TPSA) is 26.3 Å². The minimum atomic E-state index is -4.69. The Morgan fingerprint density at radius 2 is 1.78 bits per heavy atom. The Bertz CT molecular complexity index is 543. The Hall–Kier alpha value is -1.82. The van der Waals surface area contributed by atoms with Crippen molar-refractivity contribution in [2.75, 3.05) is 0 Å². The minimum Gasteiger partial charge on any atom is -0.406 e. The molecule has 0 N–H and O–H groups in total. The maximum atomic E-state index is 12.0. The fourth-order valence-electron chi connectivity index (χ4n) is 1.39. The van der Waals surface area contributed by atoms with E-state index in [0.717, 1.165) is 5.56 Å². The highest BCUT2D eigenvalue weighted by atomic mass is 32.1. The van der Waals surface area contributed by atoms with Crippen LogP contribution in [-0.2, 0) is 4.79 Å². The molecule has 1 aromatic heterocycles. The Morgan fingerprint density at radius 3 is 2.28 bits per heavy atom. The van der Waals surface area contributed by atoms with E-state index >= 15 is 0 Å². The van der Waals surface area contributed by atoms with Crippen LogP contribution in [-0.4, -0.2) is 12.6 Å². The van der Waals surface area contributed by atoms with E-state index in [1.165, 1.54) is 35.6 Å². The second kappa shape index (κ2) is 4.81. The summed E-state index contributed by atoms with van der Waals surface area (Å²) in [5, 5.41) is 1.74. The van der Waals surface area contributed by atoms with Crippen LogP contribution >= 0.6 is 11.3 Å². The van der Waals surface area contributed by atoms with Crippen LogP contribution in [0.25, 0.3) is 11.1 Å². The van der Waals surface area contributed by atoms with Crippen molar-refractivity contribution in [1.82, 2.24) is 0 Å². The van der Waals surface area contributed by atoms with Crippen LogP contribution in [0.3, 0.4) is 0 Å². The predicted octanol–water partition coefficient (Wildman–Crippen LogP) is 3.77. The normalized spacial score (nSPS) is 11.3. The van der Waals surface area contributed by atoms with Gasteiger partial charge in [-0.25, -0.2) is 0 Å². The zero-order valence-corrected chi connectivity index (χ0v) is 9.64. The first-order valence-electron chi connectivity index (χ1n) is 4.81. The standard InChI is InChI=1S/C12H6F3O2S/c13-12(14,15)17-10-3-1-8(2-4-10)9-5-11(6-16)18-7-9/h1-5,7H. The third-order valence-electron chi connectivity index (χ3n) is 2.12. The van der Waals surface area contributed by atoms with Crippen molar-refractivity contribution in [3.05, 3.63) is 40.6 Å². The Labute approximate surface area is 105 Å². The van der Waals surface area contributed by atoms with Gasteiger partial charge in [0.05, 0.1) is 4.88 Å². The van der Waals surface area contributed by atoms with Crippen LogP contribution in [0.15, 0.2) is 35.7 Å². The fourth-order valence-corrected chi connectivity index (χ4v) is 2.09. The summed E-state index contributed by atoms with van der Waals surface area (Å²) in [6.45, 7) is 0. The van der Waals surface area contributed by atoms with Gasteiger partial charge >= 0.3 is 6.36 Å². The van der Waals surface area contributed by atoms with Crippen LogP contribution in [0, 0.1) is 0 Å². The highest BCUT2D eigenvalue weighted by molar-refractivity contribution is 7.12. The summed E-state index contributed by atoms with van der Waals surface area (Å²) in [5.74, 6) is -0.274. The van der Waals surface area contributed by atoms with E-state index in [9.17, 15) is 18.0 Å². The number of alkyl halides is 3. The molecule has 2 nitrogen and oxygen atoms in total. The number of thiophene rings is 1. The average Bonchev–Trinajstić information content (AvgIpc) is 2.76. The van der Waals surface area contributed by atoms with Crippen molar-refractivity contribution >= 4 is 17.6 Å². The lowest BCUT2D eigenvalue weighted by Crippen LogP contribution is -2.16. The summed E-state index contributed by atoms with van der Waals surface area (Å²) < 4.78 is 39.6. The zero-order chi connectivity index (χ0) is 13.2. The first-order chi connectivity index (χ1) is 8.48. The molecular weight excluding hydrogens is 265 g/mol. The number of carbonyl (C=O) groups excluding carboxylic acids is 1. The van der Waals surface area contributed by atoms with Crippen molar-refractivity contribution in [2.24, 2.45) is 0 Å². The maximum Gasteiger partial charge on any atom is 0.573 e. The van der Waals surface area contributed by atoms with Crippen molar-refractivity contribution < 1.29 is 22.7 Å². The quantitative estimate of drug-likeness (QED) is 0.849. The first kappa shape index (κ1) is 12.6. The summed E-state index contributed by atoms with van der Waals surface area (Å²) >= 11 is 1.22. The largest absolute Gasteiger partial charge is 0.573 e. The van der Waals surface area contributed by atoms with E-state index in [-0.39, 0.29) is 5.75 Å². The minimum absolute atomic E-state index is 0.274. The molecule has 0 bridgehead atoms. The molecule has 1 aromatic carbocycles. The van der Waals surface area contributed by atoms with E-state index < -0.39 is 6.36 Å². The van der Waals surface area contributed by atoms with Crippen LogP contribution < -0.4 is 4.74 Å². The number of benzene rings is 1. The monoisotopic (exact) mass is 271 g/mol. The molecule has 2 aromatic rings. The van der Waals surface area contributed by atoms with Crippen molar-refractivity contribution in [3.8, 4) is 16.9 Å². The van der Waals surface area contributed by atoms with E-state index in [1.54, 1.807) is 17.7 Å². The number of halogens is 3. The van der Waals surface area contributed by atoms with Gasteiger partial charge in [-0.3, -0.25) is 4.79 Å². The van der Waals surface area contributed by atoms with Gasteiger partial charge in [-0.15, -0.1) is 24.5 Å². The van der Waals surface area contributed by atoms with Gasteiger partial charge in [0, 0.05) is 0 Å². The highest BCUT2D eigenvalue weighted by Crippen LogP contribution is 2.28. The molecule has 0 aliphatic rings. The molecule has 2 rings (SSSR count). The molecule has 0 atom stereocenters. The second-order valence-electron chi connectivity index (χ2n) is 3.37. The van der Waals surface area contributed by atoms with E-state index in [2.05, 4.69) is 4.74 Å². The third kappa shape index (κ3) is 3.10. The molecule has 0 aliphatic heterocycles. The molecule has 0 fully saturated rings. The molecule has 93 valence electrons. The highest BCUT2D eigenvalue weighted by Gasteiger charge is 2.30. The van der Waals surface area contributed by atoms with Crippen LogP contribution in [0.2, 0.25) is 0 Å². The van der Waals surface area contributed by atoms with Gasteiger partial charge < -0.3 is 4.74 Å². The molecule has 6 heteroatoms. The summed E-state index contributed by atoms with van der Waals surface area (Å²) in [6, 6.07) is 7.07. The number of ether oxygens (including phenoxy) is 1. The first-order valence-corrected chi connectivity index (χ1v) is 5.69. The van der Waals surface area contributed by atoms with Crippen molar-refractivity contribution in [1.29, 1.82) is 0 Å². The lowest BCUT2D eigenvalue weighted by Gasteiger charge is -2.08. The number of hydrogen-bond donors (Lipinski definition) is 0. The SMILES string of the molecule is O=[C]c1cc(-c2ccc(OC(F)(F)F)cc2)cs1. The molecule has 0 amide bonds. The average molecular weight is 271 g/mol. The van der Waals surface area contributed by atoms with Gasteiger partial charge in [0.25, 0.3) is 0 Å². The van der Waals surface area contributed by atoms with Gasteiger partial charge in [-0.2, -0.15) is 0 Å². The summed E-state index contributed by atoms with van der Waals surface area (Å²) in [6.07, 6.45) is -2.94. The number of rotatable bonds is 3. The Balaban J connectivity index is 2.19. The molecule has 1 heterocycles. The molecule has 0 saturated heterocycles.